The first-order valence-corrected chi connectivity index (χ1v) is 8.48. The van der Waals surface area contributed by atoms with Crippen molar-refractivity contribution in [2.75, 3.05) is 18.4 Å². The number of hydrogen-bond acceptors (Lipinski definition) is 4. The second-order valence-corrected chi connectivity index (χ2v) is 6.96. The van der Waals surface area contributed by atoms with Gasteiger partial charge >= 0.3 is 0 Å². The Morgan fingerprint density at radius 2 is 2.09 bits per heavy atom. The van der Waals surface area contributed by atoms with Gasteiger partial charge in [-0.05, 0) is 31.2 Å². The van der Waals surface area contributed by atoms with Gasteiger partial charge in [-0.25, -0.2) is 4.98 Å². The van der Waals surface area contributed by atoms with Gasteiger partial charge in [0.15, 0.2) is 5.13 Å². The number of amides is 2. The number of hydrogen-bond donors (Lipinski definition) is 1. The lowest BCUT2D eigenvalue weighted by Gasteiger charge is -2.20. The molecule has 1 aromatic carbocycles. The van der Waals surface area contributed by atoms with Crippen LogP contribution in [0.3, 0.4) is 0 Å². The zero-order valence-electron chi connectivity index (χ0n) is 12.6. The fraction of sp³-hybridized carbons (Fsp3) is 0.188. The van der Waals surface area contributed by atoms with Crippen molar-refractivity contribution >= 4 is 44.2 Å². The first-order chi connectivity index (χ1) is 11.0. The van der Waals surface area contributed by atoms with E-state index in [1.54, 1.807) is 36.5 Å². The predicted octanol–water partition coefficient (Wildman–Crippen LogP) is 3.48. The van der Waals surface area contributed by atoms with Gasteiger partial charge in [-0.1, -0.05) is 22.0 Å². The van der Waals surface area contributed by atoms with Crippen molar-refractivity contribution in [2.45, 2.75) is 6.92 Å². The second-order valence-electron chi connectivity index (χ2n) is 4.81. The maximum absolute atomic E-state index is 12.5. The van der Waals surface area contributed by atoms with Crippen LogP contribution in [0.5, 0.6) is 0 Å². The highest BCUT2D eigenvalue weighted by atomic mass is 79.9. The molecule has 0 aliphatic carbocycles. The molecule has 1 heterocycles. The Morgan fingerprint density at radius 3 is 2.65 bits per heavy atom. The van der Waals surface area contributed by atoms with E-state index in [0.29, 0.717) is 17.2 Å². The van der Waals surface area contributed by atoms with Gasteiger partial charge in [0.2, 0.25) is 5.91 Å². The second kappa shape index (κ2) is 8.03. The van der Waals surface area contributed by atoms with Crippen molar-refractivity contribution in [3.63, 3.8) is 0 Å². The van der Waals surface area contributed by atoms with Crippen LogP contribution in [0.1, 0.15) is 15.2 Å². The number of rotatable bonds is 6. The summed E-state index contributed by atoms with van der Waals surface area (Å²) in [5, 5.41) is 3.23. The maximum atomic E-state index is 12.5. The highest BCUT2D eigenvalue weighted by molar-refractivity contribution is 9.10. The molecule has 2 aromatic rings. The van der Waals surface area contributed by atoms with E-state index in [1.807, 2.05) is 6.92 Å². The first-order valence-electron chi connectivity index (χ1n) is 6.87. The number of thiazole rings is 1. The average molecular weight is 394 g/mol. The number of nitrogens with zero attached hydrogens (tertiary/aromatic N) is 2. The minimum atomic E-state index is -0.285. The van der Waals surface area contributed by atoms with Gasteiger partial charge < -0.3 is 10.2 Å². The largest absolute Gasteiger partial charge is 0.326 e. The number of benzene rings is 1. The molecule has 5 nitrogen and oxygen atoms in total. The van der Waals surface area contributed by atoms with Crippen molar-refractivity contribution in [3.05, 3.63) is 58.0 Å². The molecular formula is C16H16BrN3O2S. The number of halogens is 1. The number of nitrogens with one attached hydrogen (secondary N) is 1. The van der Waals surface area contributed by atoms with Crippen LogP contribution >= 0.6 is 27.3 Å². The highest BCUT2D eigenvalue weighted by Gasteiger charge is 2.18. The lowest BCUT2D eigenvalue weighted by molar-refractivity contribution is -0.116. The van der Waals surface area contributed by atoms with E-state index in [0.717, 1.165) is 9.35 Å². The van der Waals surface area contributed by atoms with Crippen LogP contribution in [0.15, 0.2) is 47.6 Å². The van der Waals surface area contributed by atoms with Crippen LogP contribution < -0.4 is 5.32 Å². The third kappa shape index (κ3) is 5.01. The monoisotopic (exact) mass is 393 g/mol. The summed E-state index contributed by atoms with van der Waals surface area (Å²) < 4.78 is 0.890. The number of carbonyl (C=O) groups is 2. The van der Waals surface area contributed by atoms with Crippen molar-refractivity contribution in [1.82, 2.24) is 9.88 Å². The Hall–Kier alpha value is -1.99. The van der Waals surface area contributed by atoms with Crippen LogP contribution in [0, 0.1) is 6.92 Å². The zero-order valence-corrected chi connectivity index (χ0v) is 15.0. The topological polar surface area (TPSA) is 62.3 Å². The summed E-state index contributed by atoms with van der Waals surface area (Å²) in [5.41, 5.74) is 0.521. The van der Waals surface area contributed by atoms with E-state index in [9.17, 15) is 9.59 Å². The Morgan fingerprint density at radius 1 is 1.39 bits per heavy atom. The van der Waals surface area contributed by atoms with Crippen molar-refractivity contribution in [3.8, 4) is 0 Å². The van der Waals surface area contributed by atoms with Crippen molar-refractivity contribution in [2.24, 2.45) is 0 Å². The van der Waals surface area contributed by atoms with Gasteiger partial charge in [-0.15, -0.1) is 17.9 Å². The lowest BCUT2D eigenvalue weighted by atomic mass is 10.2. The SMILES string of the molecule is C=CCN(CC(=O)Nc1ncc(C)s1)C(=O)c1ccc(Br)cc1. The van der Waals surface area contributed by atoms with Crippen LogP contribution in [-0.2, 0) is 4.79 Å². The number of aromatic nitrogens is 1. The third-order valence-electron chi connectivity index (χ3n) is 2.93. The molecule has 0 radical (unpaired) electrons. The molecule has 2 rings (SSSR count). The Bertz CT molecular complexity index is 712. The molecular weight excluding hydrogens is 378 g/mol. The molecule has 0 bridgehead atoms. The summed E-state index contributed by atoms with van der Waals surface area (Å²) in [6.45, 7) is 5.79. The fourth-order valence-electron chi connectivity index (χ4n) is 1.89. The number of anilines is 1. The van der Waals surface area contributed by atoms with E-state index >= 15 is 0 Å². The molecule has 1 aromatic heterocycles. The quantitative estimate of drug-likeness (QED) is 0.764. The fourth-order valence-corrected chi connectivity index (χ4v) is 2.84. The molecule has 0 aliphatic heterocycles. The Balaban J connectivity index is 2.05. The minimum absolute atomic E-state index is 0.0560. The summed E-state index contributed by atoms with van der Waals surface area (Å²) >= 11 is 4.72. The maximum Gasteiger partial charge on any atom is 0.254 e. The molecule has 0 spiro atoms. The molecule has 2 amide bonds. The highest BCUT2D eigenvalue weighted by Crippen LogP contribution is 2.17. The Labute approximate surface area is 147 Å². The lowest BCUT2D eigenvalue weighted by Crippen LogP contribution is -2.38. The van der Waals surface area contributed by atoms with Crippen molar-refractivity contribution in [1.29, 1.82) is 0 Å². The van der Waals surface area contributed by atoms with E-state index in [2.05, 4.69) is 32.8 Å². The van der Waals surface area contributed by atoms with Crippen LogP contribution in [-0.4, -0.2) is 34.8 Å². The van der Waals surface area contributed by atoms with Gasteiger partial charge in [-0.3, -0.25) is 9.59 Å². The molecule has 0 unspecified atom stereocenters. The van der Waals surface area contributed by atoms with Crippen LogP contribution in [0.4, 0.5) is 5.13 Å². The van der Waals surface area contributed by atoms with Gasteiger partial charge in [0.25, 0.3) is 5.91 Å². The zero-order chi connectivity index (χ0) is 16.8. The molecule has 0 atom stereocenters. The molecule has 120 valence electrons. The standard InChI is InChI=1S/C16H16BrN3O2S/c1-3-8-20(15(22)12-4-6-13(17)7-5-12)10-14(21)19-16-18-9-11(2)23-16/h3-7,9H,1,8,10H2,2H3,(H,18,19,21). The summed E-state index contributed by atoms with van der Waals surface area (Å²) in [6.07, 6.45) is 3.28. The van der Waals surface area contributed by atoms with Crippen LogP contribution in [0.25, 0.3) is 0 Å². The van der Waals surface area contributed by atoms with Gasteiger partial charge in [0.05, 0.1) is 0 Å². The van der Waals surface area contributed by atoms with Crippen molar-refractivity contribution < 1.29 is 9.59 Å². The smallest absolute Gasteiger partial charge is 0.254 e. The summed E-state index contributed by atoms with van der Waals surface area (Å²) in [5.74, 6) is -0.505. The predicted molar refractivity (Wildman–Crippen MR) is 95.7 cm³/mol. The average Bonchev–Trinajstić information content (AvgIpc) is 2.92. The van der Waals surface area contributed by atoms with Gasteiger partial charge in [-0.2, -0.15) is 0 Å². The van der Waals surface area contributed by atoms with E-state index < -0.39 is 0 Å². The van der Waals surface area contributed by atoms with E-state index in [-0.39, 0.29) is 18.4 Å². The molecule has 0 fully saturated rings. The molecule has 0 saturated carbocycles. The normalized spacial score (nSPS) is 10.2. The molecule has 1 N–H and O–H groups in total. The molecule has 7 heteroatoms. The molecule has 0 aliphatic rings. The number of aryl methyl sites for hydroxylation is 1. The minimum Gasteiger partial charge on any atom is -0.326 e. The number of carbonyl (C=O) groups excluding carboxylic acids is 2. The van der Waals surface area contributed by atoms with Gasteiger partial charge in [0.1, 0.15) is 6.54 Å². The van der Waals surface area contributed by atoms with Crippen LogP contribution in [0.2, 0.25) is 0 Å². The van der Waals surface area contributed by atoms with E-state index in [4.69, 9.17) is 0 Å². The summed E-state index contributed by atoms with van der Waals surface area (Å²) in [6, 6.07) is 7.00. The molecule has 23 heavy (non-hydrogen) atoms. The Kier molecular flexibility index (Phi) is 6.06. The summed E-state index contributed by atoms with van der Waals surface area (Å²) in [7, 11) is 0. The summed E-state index contributed by atoms with van der Waals surface area (Å²) in [4.78, 5) is 31.1. The third-order valence-corrected chi connectivity index (χ3v) is 4.29. The van der Waals surface area contributed by atoms with Gasteiger partial charge in [0, 0.05) is 27.7 Å². The molecule has 0 saturated heterocycles. The first kappa shape index (κ1) is 17.4. The van der Waals surface area contributed by atoms with E-state index in [1.165, 1.54) is 16.2 Å².